The lowest BCUT2D eigenvalue weighted by Gasteiger charge is -2.57. The van der Waals surface area contributed by atoms with Gasteiger partial charge in [0.15, 0.2) is 0 Å². The fourth-order valence-corrected chi connectivity index (χ4v) is 6.44. The fraction of sp³-hybridized carbons (Fsp3) is 0.944. The summed E-state index contributed by atoms with van der Waals surface area (Å²) in [6.07, 6.45) is 12.5. The average Bonchev–Trinajstić information content (AvgIpc) is 2.46. The molecule has 0 aromatic heterocycles. The summed E-state index contributed by atoms with van der Waals surface area (Å²) < 4.78 is 0. The van der Waals surface area contributed by atoms with Crippen LogP contribution in [-0.4, -0.2) is 29.9 Å². The molecule has 5 fully saturated rings. The van der Waals surface area contributed by atoms with Crippen LogP contribution in [0.5, 0.6) is 0 Å². The molecule has 2 N–H and O–H groups in total. The summed E-state index contributed by atoms with van der Waals surface area (Å²) >= 11 is 0. The first kappa shape index (κ1) is 14.0. The molecule has 4 saturated carbocycles. The molecule has 4 aliphatic carbocycles. The molecule has 1 amide bonds. The minimum absolute atomic E-state index is 0.0406. The highest BCUT2D eigenvalue weighted by Gasteiger charge is 2.56. The maximum Gasteiger partial charge on any atom is 0.229 e. The summed E-state index contributed by atoms with van der Waals surface area (Å²) in [5, 5.41) is 0. The number of nitrogens with zero attached hydrogens (tertiary/aromatic N) is 1. The molecule has 1 saturated heterocycles. The van der Waals surface area contributed by atoms with E-state index < -0.39 is 0 Å². The van der Waals surface area contributed by atoms with Crippen LogP contribution in [0.1, 0.15) is 64.2 Å². The quantitative estimate of drug-likeness (QED) is 0.868. The van der Waals surface area contributed by atoms with E-state index in [1.54, 1.807) is 0 Å². The second-order valence-corrected chi connectivity index (χ2v) is 8.42. The number of carbonyl (C=O) groups excluding carboxylic acids is 1. The number of carbonyl (C=O) groups is 1. The third-order valence-corrected chi connectivity index (χ3v) is 6.88. The number of hydrogen-bond acceptors (Lipinski definition) is 2. The molecule has 3 heteroatoms. The van der Waals surface area contributed by atoms with E-state index in [-0.39, 0.29) is 5.41 Å². The zero-order valence-electron chi connectivity index (χ0n) is 13.2. The number of rotatable bonds is 3. The fourth-order valence-electron chi connectivity index (χ4n) is 6.44. The Morgan fingerprint density at radius 2 is 1.67 bits per heavy atom. The van der Waals surface area contributed by atoms with Crippen molar-refractivity contribution in [3.63, 3.8) is 0 Å². The Labute approximate surface area is 128 Å². The van der Waals surface area contributed by atoms with Crippen LogP contribution < -0.4 is 5.73 Å². The average molecular weight is 290 g/mol. The Bertz CT molecular complexity index is 382. The molecule has 5 aliphatic rings. The molecule has 1 atom stereocenters. The highest BCUT2D eigenvalue weighted by atomic mass is 16.2. The van der Waals surface area contributed by atoms with E-state index >= 15 is 0 Å². The number of amides is 1. The maximum atomic E-state index is 13.4. The molecular weight excluding hydrogens is 260 g/mol. The van der Waals surface area contributed by atoms with E-state index in [2.05, 4.69) is 4.90 Å². The smallest absolute Gasteiger partial charge is 0.229 e. The first-order valence-corrected chi connectivity index (χ1v) is 9.21. The van der Waals surface area contributed by atoms with Crippen molar-refractivity contribution in [1.82, 2.24) is 4.90 Å². The predicted molar refractivity (Wildman–Crippen MR) is 83.6 cm³/mol. The van der Waals surface area contributed by atoms with Crippen LogP contribution in [0, 0.1) is 23.2 Å². The van der Waals surface area contributed by atoms with Gasteiger partial charge in [-0.25, -0.2) is 0 Å². The second-order valence-electron chi connectivity index (χ2n) is 8.42. The van der Waals surface area contributed by atoms with Gasteiger partial charge in [-0.2, -0.15) is 0 Å². The van der Waals surface area contributed by atoms with Crippen LogP contribution in [0.3, 0.4) is 0 Å². The van der Waals surface area contributed by atoms with E-state index in [1.807, 2.05) is 0 Å². The molecule has 1 heterocycles. The highest BCUT2D eigenvalue weighted by molar-refractivity contribution is 5.83. The van der Waals surface area contributed by atoms with Gasteiger partial charge in [0.05, 0.1) is 5.41 Å². The minimum Gasteiger partial charge on any atom is -0.339 e. The van der Waals surface area contributed by atoms with E-state index in [9.17, 15) is 4.79 Å². The van der Waals surface area contributed by atoms with E-state index in [0.717, 1.165) is 37.3 Å². The summed E-state index contributed by atoms with van der Waals surface area (Å²) in [5.41, 5.74) is 5.83. The third-order valence-electron chi connectivity index (χ3n) is 6.88. The van der Waals surface area contributed by atoms with E-state index in [0.29, 0.717) is 11.9 Å². The van der Waals surface area contributed by atoms with Gasteiger partial charge < -0.3 is 10.6 Å². The van der Waals surface area contributed by atoms with Gasteiger partial charge in [0, 0.05) is 12.6 Å². The summed E-state index contributed by atoms with van der Waals surface area (Å²) in [6.45, 7) is 1.71. The lowest BCUT2D eigenvalue weighted by Crippen LogP contribution is -2.57. The summed E-state index contributed by atoms with van der Waals surface area (Å²) in [5.74, 6) is 3.11. The lowest BCUT2D eigenvalue weighted by atomic mass is 9.49. The van der Waals surface area contributed by atoms with Crippen LogP contribution in [0.15, 0.2) is 0 Å². The Morgan fingerprint density at radius 1 is 1.05 bits per heavy atom. The zero-order chi connectivity index (χ0) is 14.4. The van der Waals surface area contributed by atoms with Crippen molar-refractivity contribution in [3.8, 4) is 0 Å². The highest BCUT2D eigenvalue weighted by Crippen LogP contribution is 2.60. The maximum absolute atomic E-state index is 13.4. The molecule has 0 aromatic rings. The minimum atomic E-state index is 0.0406. The Morgan fingerprint density at radius 3 is 2.24 bits per heavy atom. The van der Waals surface area contributed by atoms with Gasteiger partial charge in [0.1, 0.15) is 0 Å². The Kier molecular flexibility index (Phi) is 3.52. The Hall–Kier alpha value is -0.570. The SMILES string of the molecule is NCCC1CCCCN1C(=O)C12CC3CC(CC(C3)C1)C2. The first-order chi connectivity index (χ1) is 10.2. The molecule has 4 bridgehead atoms. The van der Waals surface area contributed by atoms with E-state index in [1.165, 1.54) is 57.8 Å². The molecule has 0 aromatic carbocycles. The van der Waals surface area contributed by atoms with Crippen LogP contribution in [-0.2, 0) is 4.79 Å². The van der Waals surface area contributed by atoms with Crippen LogP contribution in [0.25, 0.3) is 0 Å². The molecule has 118 valence electrons. The van der Waals surface area contributed by atoms with Gasteiger partial charge in [-0.15, -0.1) is 0 Å². The van der Waals surface area contributed by atoms with Gasteiger partial charge in [-0.1, -0.05) is 0 Å². The summed E-state index contributed by atoms with van der Waals surface area (Å²) in [6, 6.07) is 0.434. The molecular formula is C18H30N2O. The van der Waals surface area contributed by atoms with Crippen LogP contribution in [0.2, 0.25) is 0 Å². The molecule has 5 rings (SSSR count). The molecule has 0 spiro atoms. The normalized spacial score (nSPS) is 45.1. The lowest BCUT2D eigenvalue weighted by molar-refractivity contribution is -0.161. The van der Waals surface area contributed by atoms with Crippen molar-refractivity contribution >= 4 is 5.91 Å². The van der Waals surface area contributed by atoms with Crippen molar-refractivity contribution < 1.29 is 4.79 Å². The van der Waals surface area contributed by atoms with Gasteiger partial charge in [0.25, 0.3) is 0 Å². The van der Waals surface area contributed by atoms with Gasteiger partial charge >= 0.3 is 0 Å². The molecule has 1 aliphatic heterocycles. The number of likely N-dealkylation sites (tertiary alicyclic amines) is 1. The topological polar surface area (TPSA) is 46.3 Å². The third kappa shape index (κ3) is 2.32. The monoisotopic (exact) mass is 290 g/mol. The summed E-state index contributed by atoms with van der Waals surface area (Å²) in [7, 11) is 0. The molecule has 1 unspecified atom stereocenters. The van der Waals surface area contributed by atoms with Crippen molar-refractivity contribution in [1.29, 1.82) is 0 Å². The standard InChI is InChI=1S/C18H30N2O/c19-5-4-16-3-1-2-6-20(16)17(21)18-10-13-7-14(11-18)9-15(8-13)12-18/h13-16H,1-12,19H2. The van der Waals surface area contributed by atoms with Crippen LogP contribution >= 0.6 is 0 Å². The first-order valence-electron chi connectivity index (χ1n) is 9.21. The number of nitrogens with two attached hydrogens (primary N) is 1. The van der Waals surface area contributed by atoms with Gasteiger partial charge in [-0.05, 0) is 88.5 Å². The molecule has 21 heavy (non-hydrogen) atoms. The van der Waals surface area contributed by atoms with E-state index in [4.69, 9.17) is 5.73 Å². The molecule has 0 radical (unpaired) electrons. The van der Waals surface area contributed by atoms with Crippen molar-refractivity contribution in [2.24, 2.45) is 28.9 Å². The van der Waals surface area contributed by atoms with Crippen molar-refractivity contribution in [3.05, 3.63) is 0 Å². The van der Waals surface area contributed by atoms with Gasteiger partial charge in [0.2, 0.25) is 5.91 Å². The zero-order valence-corrected chi connectivity index (χ0v) is 13.2. The summed E-state index contributed by atoms with van der Waals surface area (Å²) in [4.78, 5) is 15.7. The van der Waals surface area contributed by atoms with Crippen molar-refractivity contribution in [2.45, 2.75) is 70.3 Å². The van der Waals surface area contributed by atoms with Gasteiger partial charge in [-0.3, -0.25) is 4.79 Å². The largest absolute Gasteiger partial charge is 0.339 e. The van der Waals surface area contributed by atoms with Crippen LogP contribution in [0.4, 0.5) is 0 Å². The number of piperidine rings is 1. The van der Waals surface area contributed by atoms with Crippen molar-refractivity contribution in [2.75, 3.05) is 13.1 Å². The number of hydrogen-bond donors (Lipinski definition) is 1. The Balaban J connectivity index is 1.55. The predicted octanol–water partition coefficient (Wildman–Crippen LogP) is 2.93. The second kappa shape index (κ2) is 5.26. The molecule has 3 nitrogen and oxygen atoms in total.